The number of halogens is 1. The van der Waals surface area contributed by atoms with Crippen molar-refractivity contribution in [1.29, 1.82) is 0 Å². The molecule has 5 nitrogen and oxygen atoms in total. The fraction of sp³-hybridized carbons (Fsp3) is 0.167. The first-order chi connectivity index (χ1) is 11.5. The first-order valence-electron chi connectivity index (χ1n) is 7.58. The third kappa shape index (κ3) is 3.81. The third-order valence-electron chi connectivity index (χ3n) is 3.65. The van der Waals surface area contributed by atoms with E-state index in [2.05, 4.69) is 51.8 Å². The van der Waals surface area contributed by atoms with Gasteiger partial charge in [0.15, 0.2) is 5.82 Å². The van der Waals surface area contributed by atoms with Crippen LogP contribution in [0, 0.1) is 20.8 Å². The maximum Gasteiger partial charge on any atom is 0.249 e. The fourth-order valence-electron chi connectivity index (χ4n) is 2.36. The van der Waals surface area contributed by atoms with E-state index in [0.717, 1.165) is 22.5 Å². The number of hydrogen-bond donors (Lipinski definition) is 2. The van der Waals surface area contributed by atoms with Gasteiger partial charge in [-0.2, -0.15) is 10.1 Å². The van der Waals surface area contributed by atoms with E-state index >= 15 is 0 Å². The zero-order valence-corrected chi connectivity index (χ0v) is 14.5. The number of hydrogen-bond acceptors (Lipinski definition) is 5. The number of rotatable bonds is 4. The number of aryl methyl sites for hydroxylation is 3. The Labute approximate surface area is 146 Å². The molecule has 1 heterocycles. The van der Waals surface area contributed by atoms with Gasteiger partial charge in [-0.1, -0.05) is 35.4 Å². The van der Waals surface area contributed by atoms with Crippen molar-refractivity contribution in [3.63, 3.8) is 0 Å². The normalized spacial score (nSPS) is 10.5. The lowest BCUT2D eigenvalue weighted by atomic mass is 10.1. The first kappa shape index (κ1) is 16.2. The van der Waals surface area contributed by atoms with E-state index in [-0.39, 0.29) is 0 Å². The SMILES string of the molecule is Cc1ccc(Nc2cnnc(Nc3cc(Cl)ccc3C)n2)c(C)c1. The van der Waals surface area contributed by atoms with Crippen LogP contribution in [0.5, 0.6) is 0 Å². The van der Waals surface area contributed by atoms with E-state index in [1.165, 1.54) is 5.56 Å². The van der Waals surface area contributed by atoms with Crippen molar-refractivity contribution in [3.05, 3.63) is 64.3 Å². The highest BCUT2D eigenvalue weighted by Crippen LogP contribution is 2.24. The first-order valence-corrected chi connectivity index (χ1v) is 7.96. The fourth-order valence-corrected chi connectivity index (χ4v) is 2.53. The third-order valence-corrected chi connectivity index (χ3v) is 3.88. The second-order valence-corrected chi connectivity index (χ2v) is 6.13. The topological polar surface area (TPSA) is 62.7 Å². The van der Waals surface area contributed by atoms with E-state index in [9.17, 15) is 0 Å². The molecule has 6 heteroatoms. The second kappa shape index (κ2) is 6.84. The van der Waals surface area contributed by atoms with Crippen LogP contribution in [0.2, 0.25) is 5.02 Å². The van der Waals surface area contributed by atoms with Gasteiger partial charge in [-0.05, 0) is 50.1 Å². The van der Waals surface area contributed by atoms with Crippen LogP contribution in [0.15, 0.2) is 42.6 Å². The zero-order chi connectivity index (χ0) is 17.1. The van der Waals surface area contributed by atoms with Crippen LogP contribution in [0.4, 0.5) is 23.1 Å². The lowest BCUT2D eigenvalue weighted by Crippen LogP contribution is -2.03. The van der Waals surface area contributed by atoms with Gasteiger partial charge in [0, 0.05) is 16.4 Å². The van der Waals surface area contributed by atoms with Gasteiger partial charge in [-0.3, -0.25) is 0 Å². The minimum atomic E-state index is 0.412. The van der Waals surface area contributed by atoms with Crippen LogP contribution in [0.3, 0.4) is 0 Å². The molecule has 0 fully saturated rings. The molecule has 0 amide bonds. The summed E-state index contributed by atoms with van der Waals surface area (Å²) < 4.78 is 0. The van der Waals surface area contributed by atoms with E-state index in [1.54, 1.807) is 6.20 Å². The Kier molecular flexibility index (Phi) is 4.62. The summed E-state index contributed by atoms with van der Waals surface area (Å²) in [6.45, 7) is 6.11. The van der Waals surface area contributed by atoms with Crippen molar-refractivity contribution in [1.82, 2.24) is 15.2 Å². The maximum atomic E-state index is 6.04. The van der Waals surface area contributed by atoms with Crippen LogP contribution in [-0.4, -0.2) is 15.2 Å². The Morgan fingerprint density at radius 1 is 0.875 bits per heavy atom. The van der Waals surface area contributed by atoms with Crippen molar-refractivity contribution in [3.8, 4) is 0 Å². The lowest BCUT2D eigenvalue weighted by Gasteiger charge is -2.11. The molecule has 3 rings (SSSR count). The molecule has 3 aromatic rings. The Morgan fingerprint density at radius 2 is 1.71 bits per heavy atom. The van der Waals surface area contributed by atoms with Gasteiger partial charge in [0.25, 0.3) is 0 Å². The molecular formula is C18H18ClN5. The largest absolute Gasteiger partial charge is 0.339 e. The average Bonchev–Trinajstić information content (AvgIpc) is 2.54. The second-order valence-electron chi connectivity index (χ2n) is 5.69. The van der Waals surface area contributed by atoms with Crippen molar-refractivity contribution in [2.45, 2.75) is 20.8 Å². The number of nitrogens with zero attached hydrogens (tertiary/aromatic N) is 3. The molecule has 2 aromatic carbocycles. The number of nitrogens with one attached hydrogen (secondary N) is 2. The highest BCUT2D eigenvalue weighted by molar-refractivity contribution is 6.30. The smallest absolute Gasteiger partial charge is 0.249 e. The maximum absolute atomic E-state index is 6.04. The molecular weight excluding hydrogens is 322 g/mol. The molecule has 0 bridgehead atoms. The lowest BCUT2D eigenvalue weighted by molar-refractivity contribution is 0.981. The van der Waals surface area contributed by atoms with Crippen molar-refractivity contribution >= 4 is 34.7 Å². The van der Waals surface area contributed by atoms with E-state index in [0.29, 0.717) is 16.8 Å². The monoisotopic (exact) mass is 339 g/mol. The summed E-state index contributed by atoms with van der Waals surface area (Å²) in [6.07, 6.45) is 1.59. The highest BCUT2D eigenvalue weighted by atomic mass is 35.5. The quantitative estimate of drug-likeness (QED) is 0.705. The van der Waals surface area contributed by atoms with Gasteiger partial charge in [-0.25, -0.2) is 0 Å². The summed E-state index contributed by atoms with van der Waals surface area (Å²) in [5.41, 5.74) is 5.26. The molecule has 0 atom stereocenters. The Hall–Kier alpha value is -2.66. The molecule has 0 unspecified atom stereocenters. The van der Waals surface area contributed by atoms with Gasteiger partial charge in [0.2, 0.25) is 5.95 Å². The van der Waals surface area contributed by atoms with E-state index < -0.39 is 0 Å². The molecule has 0 aliphatic carbocycles. The predicted molar refractivity (Wildman–Crippen MR) is 98.5 cm³/mol. The molecule has 0 spiro atoms. The molecule has 2 N–H and O–H groups in total. The van der Waals surface area contributed by atoms with Crippen molar-refractivity contribution in [2.75, 3.05) is 10.6 Å². The highest BCUT2D eigenvalue weighted by Gasteiger charge is 2.06. The molecule has 122 valence electrons. The van der Waals surface area contributed by atoms with E-state index in [1.807, 2.05) is 31.2 Å². The van der Waals surface area contributed by atoms with Gasteiger partial charge in [-0.15, -0.1) is 5.10 Å². The molecule has 1 aromatic heterocycles. The summed E-state index contributed by atoms with van der Waals surface area (Å²) in [7, 11) is 0. The zero-order valence-electron chi connectivity index (χ0n) is 13.8. The Bertz CT molecular complexity index is 879. The molecule has 0 aliphatic rings. The minimum Gasteiger partial charge on any atom is -0.339 e. The summed E-state index contributed by atoms with van der Waals surface area (Å²) >= 11 is 6.04. The van der Waals surface area contributed by atoms with Crippen LogP contribution in [0.25, 0.3) is 0 Å². The Morgan fingerprint density at radius 3 is 2.50 bits per heavy atom. The van der Waals surface area contributed by atoms with Crippen LogP contribution >= 0.6 is 11.6 Å². The predicted octanol–water partition coefficient (Wildman–Crippen LogP) is 4.94. The van der Waals surface area contributed by atoms with Gasteiger partial charge >= 0.3 is 0 Å². The van der Waals surface area contributed by atoms with Gasteiger partial charge in [0.05, 0.1) is 6.20 Å². The molecule has 0 aliphatic heterocycles. The molecule has 0 radical (unpaired) electrons. The number of aromatic nitrogens is 3. The number of benzene rings is 2. The van der Waals surface area contributed by atoms with Crippen LogP contribution in [0.1, 0.15) is 16.7 Å². The summed E-state index contributed by atoms with van der Waals surface area (Å²) in [4.78, 5) is 4.46. The average molecular weight is 340 g/mol. The van der Waals surface area contributed by atoms with Gasteiger partial charge in [0.1, 0.15) is 0 Å². The van der Waals surface area contributed by atoms with Crippen LogP contribution < -0.4 is 10.6 Å². The molecule has 24 heavy (non-hydrogen) atoms. The van der Waals surface area contributed by atoms with Crippen LogP contribution in [-0.2, 0) is 0 Å². The van der Waals surface area contributed by atoms with E-state index in [4.69, 9.17) is 11.6 Å². The summed E-state index contributed by atoms with van der Waals surface area (Å²) in [5, 5.41) is 15.1. The Balaban J connectivity index is 1.82. The summed E-state index contributed by atoms with van der Waals surface area (Å²) in [6, 6.07) is 11.8. The molecule has 0 saturated heterocycles. The standard InChI is InChI=1S/C18H18ClN5/c1-11-4-7-15(13(3)8-11)21-17-10-20-24-18(23-17)22-16-9-14(19)6-5-12(16)2/h4-10H,1-3H3,(H2,21,22,23,24). The van der Waals surface area contributed by atoms with Gasteiger partial charge < -0.3 is 10.6 Å². The summed E-state index contributed by atoms with van der Waals surface area (Å²) in [5.74, 6) is 1.04. The van der Waals surface area contributed by atoms with Crippen molar-refractivity contribution < 1.29 is 0 Å². The molecule has 0 saturated carbocycles. The minimum absolute atomic E-state index is 0.412. The van der Waals surface area contributed by atoms with Crippen molar-refractivity contribution in [2.24, 2.45) is 0 Å². The number of anilines is 4.